The predicted molar refractivity (Wildman–Crippen MR) is 128 cm³/mol. The van der Waals surface area contributed by atoms with Gasteiger partial charge in [-0.25, -0.2) is 10.1 Å². The van der Waals surface area contributed by atoms with E-state index in [1.54, 1.807) is 4.90 Å². The van der Waals surface area contributed by atoms with Gasteiger partial charge in [-0.15, -0.1) is 0 Å². The number of aliphatic carboxylic acids is 2. The summed E-state index contributed by atoms with van der Waals surface area (Å²) in [6, 6.07) is 0. The van der Waals surface area contributed by atoms with E-state index in [2.05, 4.69) is 0 Å². The summed E-state index contributed by atoms with van der Waals surface area (Å²) >= 11 is 0. The van der Waals surface area contributed by atoms with Gasteiger partial charge in [-0.2, -0.15) is 0 Å². The van der Waals surface area contributed by atoms with Crippen molar-refractivity contribution in [3.8, 4) is 0 Å². The molecule has 38 heavy (non-hydrogen) atoms. The first-order chi connectivity index (χ1) is 18.2. The smallest absolute Gasteiger partial charge is 0.317 e. The van der Waals surface area contributed by atoms with Crippen LogP contribution in [0, 0.1) is 0 Å². The normalized spacial score (nSPS) is 21.3. The number of hydrogen-bond acceptors (Lipinski definition) is 12. The minimum atomic E-state index is -1.06. The molecule has 4 N–H and O–H groups in total. The Balaban J connectivity index is 2.61. The van der Waals surface area contributed by atoms with Crippen LogP contribution in [0.3, 0.4) is 0 Å². The highest BCUT2D eigenvalue weighted by molar-refractivity contribution is 5.76. The predicted octanol–water partition coefficient (Wildman–Crippen LogP) is -1.94. The standard InChI is InChI=1S/C22H40N4O12/c27-19-2-5-24(17-22(31)32)7-10-36-13-12-35-9-6-23(16-21(29)30)3-1-4-25(33)20(28)18-38-15-14-37-11-8-26(19)34/h33-34H,1-18H2,(H,29,30)(H,31,32). The summed E-state index contributed by atoms with van der Waals surface area (Å²) in [5.41, 5.74) is 0. The molecule has 1 aliphatic rings. The number of hydrogen-bond donors (Lipinski definition) is 4. The Morgan fingerprint density at radius 1 is 0.605 bits per heavy atom. The van der Waals surface area contributed by atoms with E-state index in [4.69, 9.17) is 29.2 Å². The first-order valence-corrected chi connectivity index (χ1v) is 12.4. The fourth-order valence-corrected chi connectivity index (χ4v) is 3.31. The van der Waals surface area contributed by atoms with Gasteiger partial charge in [0.05, 0.1) is 65.9 Å². The number of carboxylic acid groups (broad SMARTS) is 2. The Hall–Kier alpha value is -2.44. The molecule has 16 nitrogen and oxygen atoms in total. The highest BCUT2D eigenvalue weighted by Gasteiger charge is 2.16. The molecule has 0 radical (unpaired) electrons. The molecular weight excluding hydrogens is 512 g/mol. The summed E-state index contributed by atoms with van der Waals surface area (Å²) in [4.78, 5) is 49.5. The molecule has 0 aromatic carbocycles. The zero-order valence-corrected chi connectivity index (χ0v) is 21.6. The second-order valence-electron chi connectivity index (χ2n) is 8.37. The third-order valence-corrected chi connectivity index (χ3v) is 5.30. The lowest BCUT2D eigenvalue weighted by molar-refractivity contribution is -0.172. The number of rotatable bonds is 4. The third kappa shape index (κ3) is 17.1. The summed E-state index contributed by atoms with van der Waals surface area (Å²) in [5, 5.41) is 39.0. The van der Waals surface area contributed by atoms with Crippen molar-refractivity contribution in [3.63, 3.8) is 0 Å². The number of carboxylic acids is 2. The molecule has 0 bridgehead atoms. The third-order valence-electron chi connectivity index (χ3n) is 5.30. The van der Waals surface area contributed by atoms with Crippen molar-refractivity contribution in [1.82, 2.24) is 19.9 Å². The molecule has 0 atom stereocenters. The minimum Gasteiger partial charge on any atom is -0.480 e. The fourth-order valence-electron chi connectivity index (χ4n) is 3.31. The van der Waals surface area contributed by atoms with Crippen molar-refractivity contribution < 1.29 is 58.8 Å². The highest BCUT2D eigenvalue weighted by Crippen LogP contribution is 1.99. The number of nitrogens with zero attached hydrogens (tertiary/aromatic N) is 4. The van der Waals surface area contributed by atoms with E-state index in [9.17, 15) is 29.6 Å². The Labute approximate surface area is 221 Å². The maximum atomic E-state index is 12.1. The van der Waals surface area contributed by atoms with Crippen LogP contribution in [0.5, 0.6) is 0 Å². The van der Waals surface area contributed by atoms with Gasteiger partial charge < -0.3 is 29.2 Å². The van der Waals surface area contributed by atoms with Crippen molar-refractivity contribution >= 4 is 23.8 Å². The van der Waals surface area contributed by atoms with Crippen LogP contribution in [-0.4, -0.2) is 170 Å². The Kier molecular flexibility index (Phi) is 18.1. The fraction of sp³-hybridized carbons (Fsp3) is 0.818. The number of ether oxygens (including phenoxy) is 4. The van der Waals surface area contributed by atoms with Crippen molar-refractivity contribution in [2.75, 3.05) is 105 Å². The van der Waals surface area contributed by atoms with E-state index >= 15 is 0 Å². The average Bonchev–Trinajstić information content (AvgIpc) is 2.85. The van der Waals surface area contributed by atoms with E-state index in [1.165, 1.54) is 4.90 Å². The van der Waals surface area contributed by atoms with Crippen molar-refractivity contribution in [3.05, 3.63) is 0 Å². The molecule has 16 heteroatoms. The van der Waals surface area contributed by atoms with Crippen LogP contribution in [-0.2, 0) is 38.1 Å². The second kappa shape index (κ2) is 20.5. The summed E-state index contributed by atoms with van der Waals surface area (Å²) in [5.74, 6) is -3.33. The molecule has 0 unspecified atom stereocenters. The largest absolute Gasteiger partial charge is 0.480 e. The molecule has 1 fully saturated rings. The SMILES string of the molecule is O=C(O)CN1CCCN(O)C(=O)COCCOCCN(O)C(=O)CCN(CC(=O)O)CCOCCOCC1. The molecule has 2 amide bonds. The molecule has 1 saturated heterocycles. The summed E-state index contributed by atoms with van der Waals surface area (Å²) in [6.45, 7) is 0.997. The summed E-state index contributed by atoms with van der Waals surface area (Å²) in [7, 11) is 0. The van der Waals surface area contributed by atoms with Gasteiger partial charge in [0, 0.05) is 39.1 Å². The van der Waals surface area contributed by atoms with Gasteiger partial charge in [0.2, 0.25) is 5.91 Å². The zero-order chi connectivity index (χ0) is 28.2. The Morgan fingerprint density at radius 2 is 1.08 bits per heavy atom. The molecule has 0 spiro atoms. The van der Waals surface area contributed by atoms with Gasteiger partial charge in [0.15, 0.2) is 0 Å². The van der Waals surface area contributed by atoms with Gasteiger partial charge in [0.25, 0.3) is 5.91 Å². The number of carbonyl (C=O) groups excluding carboxylic acids is 2. The lowest BCUT2D eigenvalue weighted by atomic mass is 10.3. The number of hydroxylamine groups is 4. The first-order valence-electron chi connectivity index (χ1n) is 12.4. The van der Waals surface area contributed by atoms with Gasteiger partial charge in [-0.3, -0.25) is 39.4 Å². The van der Waals surface area contributed by atoms with Crippen LogP contribution in [0.4, 0.5) is 0 Å². The lowest BCUT2D eigenvalue weighted by Gasteiger charge is -2.22. The number of amides is 2. The molecule has 220 valence electrons. The molecular formula is C22H40N4O12. The van der Waals surface area contributed by atoms with Crippen LogP contribution in [0.25, 0.3) is 0 Å². The van der Waals surface area contributed by atoms with Crippen molar-refractivity contribution in [2.24, 2.45) is 0 Å². The monoisotopic (exact) mass is 552 g/mol. The summed E-state index contributed by atoms with van der Waals surface area (Å²) in [6.07, 6.45) is 0.216. The minimum absolute atomic E-state index is 0.00721. The maximum absolute atomic E-state index is 12.1. The second-order valence-corrected chi connectivity index (χ2v) is 8.37. The molecule has 0 aromatic heterocycles. The van der Waals surface area contributed by atoms with Crippen LogP contribution in [0.1, 0.15) is 12.8 Å². The quantitative estimate of drug-likeness (QED) is 0.281. The van der Waals surface area contributed by atoms with Crippen LogP contribution in [0.15, 0.2) is 0 Å². The molecule has 1 aliphatic heterocycles. The Morgan fingerprint density at radius 3 is 1.63 bits per heavy atom. The van der Waals surface area contributed by atoms with Crippen molar-refractivity contribution in [1.29, 1.82) is 0 Å². The molecule has 0 saturated carbocycles. The average molecular weight is 553 g/mol. The molecule has 0 aliphatic carbocycles. The van der Waals surface area contributed by atoms with E-state index in [0.29, 0.717) is 29.6 Å². The lowest BCUT2D eigenvalue weighted by Crippen LogP contribution is -2.38. The highest BCUT2D eigenvalue weighted by atomic mass is 16.5. The van der Waals surface area contributed by atoms with Crippen molar-refractivity contribution in [2.45, 2.75) is 12.8 Å². The van der Waals surface area contributed by atoms with Crippen LogP contribution in [0.2, 0.25) is 0 Å². The molecule has 1 rings (SSSR count). The Bertz CT molecular complexity index is 714. The van der Waals surface area contributed by atoms with E-state index in [-0.39, 0.29) is 98.5 Å². The summed E-state index contributed by atoms with van der Waals surface area (Å²) < 4.78 is 21.3. The van der Waals surface area contributed by atoms with Crippen LogP contribution < -0.4 is 0 Å². The van der Waals surface area contributed by atoms with E-state index in [0.717, 1.165) is 0 Å². The van der Waals surface area contributed by atoms with Gasteiger partial charge >= 0.3 is 11.9 Å². The maximum Gasteiger partial charge on any atom is 0.317 e. The van der Waals surface area contributed by atoms with Gasteiger partial charge in [0.1, 0.15) is 6.61 Å². The molecule has 1 heterocycles. The zero-order valence-electron chi connectivity index (χ0n) is 21.6. The van der Waals surface area contributed by atoms with E-state index in [1.807, 2.05) is 0 Å². The first kappa shape index (κ1) is 33.6. The molecule has 0 aromatic rings. The van der Waals surface area contributed by atoms with E-state index < -0.39 is 23.8 Å². The van der Waals surface area contributed by atoms with Gasteiger partial charge in [-0.05, 0) is 6.42 Å². The van der Waals surface area contributed by atoms with Crippen LogP contribution >= 0.6 is 0 Å². The topological polar surface area (TPSA) is 199 Å². The van der Waals surface area contributed by atoms with Gasteiger partial charge in [-0.1, -0.05) is 0 Å². The number of carbonyl (C=O) groups is 4.